The Morgan fingerprint density at radius 3 is 2.76 bits per heavy atom. The van der Waals surface area contributed by atoms with Gasteiger partial charge in [0, 0.05) is 12.0 Å². The highest BCUT2D eigenvalue weighted by molar-refractivity contribution is 6.33. The summed E-state index contributed by atoms with van der Waals surface area (Å²) >= 11 is 6.05. The molecule has 0 heterocycles. The zero-order chi connectivity index (χ0) is 12.5. The fraction of sp³-hybridized carbons (Fsp3) is 0.462. The van der Waals surface area contributed by atoms with E-state index in [9.17, 15) is 4.79 Å². The van der Waals surface area contributed by atoms with Crippen molar-refractivity contribution < 1.29 is 4.79 Å². The standard InChI is InChI=1S/C13H17ClN2O/c1-9-4-2-5-10(14)12(9)16-11(17)8-13(15)6-3-7-13/h2,4-5H,3,6-8,15H2,1H3,(H,16,17). The normalized spacial score (nSPS) is 17.4. The average molecular weight is 253 g/mol. The second-order valence-corrected chi connectivity index (χ2v) is 5.28. The largest absolute Gasteiger partial charge is 0.325 e. The number of carbonyl (C=O) groups excluding carboxylic acids is 1. The van der Waals surface area contributed by atoms with Crippen LogP contribution in [0.2, 0.25) is 5.02 Å². The molecule has 1 aromatic carbocycles. The first kappa shape index (κ1) is 12.4. The number of para-hydroxylation sites is 1. The predicted molar refractivity (Wildman–Crippen MR) is 70.2 cm³/mol. The van der Waals surface area contributed by atoms with Crippen LogP contribution in [-0.2, 0) is 4.79 Å². The third-order valence-electron chi connectivity index (χ3n) is 3.35. The Hall–Kier alpha value is -1.06. The number of nitrogens with two attached hydrogens (primary N) is 1. The fourth-order valence-electron chi connectivity index (χ4n) is 2.10. The smallest absolute Gasteiger partial charge is 0.226 e. The summed E-state index contributed by atoms with van der Waals surface area (Å²) in [6, 6.07) is 5.55. The zero-order valence-electron chi connectivity index (χ0n) is 9.92. The summed E-state index contributed by atoms with van der Waals surface area (Å²) in [4.78, 5) is 11.9. The highest BCUT2D eigenvalue weighted by atomic mass is 35.5. The van der Waals surface area contributed by atoms with E-state index >= 15 is 0 Å². The van der Waals surface area contributed by atoms with Crippen molar-refractivity contribution in [3.8, 4) is 0 Å². The van der Waals surface area contributed by atoms with Crippen molar-refractivity contribution in [3.63, 3.8) is 0 Å². The van der Waals surface area contributed by atoms with Crippen molar-refractivity contribution in [2.24, 2.45) is 5.73 Å². The predicted octanol–water partition coefficient (Wildman–Crippen LogP) is 2.86. The molecule has 1 saturated carbocycles. The van der Waals surface area contributed by atoms with Crippen LogP contribution in [0.1, 0.15) is 31.2 Å². The average Bonchev–Trinajstić information content (AvgIpc) is 2.21. The minimum atomic E-state index is -0.292. The zero-order valence-corrected chi connectivity index (χ0v) is 10.7. The van der Waals surface area contributed by atoms with Gasteiger partial charge in [0.05, 0.1) is 10.7 Å². The Bertz CT molecular complexity index is 421. The van der Waals surface area contributed by atoms with Gasteiger partial charge in [0.25, 0.3) is 0 Å². The molecule has 4 heteroatoms. The van der Waals surface area contributed by atoms with Crippen LogP contribution in [0.15, 0.2) is 18.2 Å². The Morgan fingerprint density at radius 2 is 2.24 bits per heavy atom. The van der Waals surface area contributed by atoms with Crippen molar-refractivity contribution in [3.05, 3.63) is 28.8 Å². The number of nitrogens with one attached hydrogen (secondary N) is 1. The number of hydrogen-bond donors (Lipinski definition) is 2. The monoisotopic (exact) mass is 252 g/mol. The molecule has 0 aromatic heterocycles. The molecule has 0 saturated heterocycles. The van der Waals surface area contributed by atoms with Gasteiger partial charge in [-0.05, 0) is 37.8 Å². The maximum absolute atomic E-state index is 11.9. The van der Waals surface area contributed by atoms with Crippen LogP contribution < -0.4 is 11.1 Å². The first-order chi connectivity index (χ1) is 8.00. The van der Waals surface area contributed by atoms with Crippen LogP contribution in [-0.4, -0.2) is 11.4 Å². The summed E-state index contributed by atoms with van der Waals surface area (Å²) in [5.74, 6) is -0.0524. The maximum Gasteiger partial charge on any atom is 0.226 e. The number of amides is 1. The van der Waals surface area contributed by atoms with Gasteiger partial charge in [0.15, 0.2) is 0 Å². The maximum atomic E-state index is 11.9. The second-order valence-electron chi connectivity index (χ2n) is 4.87. The van der Waals surface area contributed by atoms with Gasteiger partial charge in [0.2, 0.25) is 5.91 Å². The molecule has 0 bridgehead atoms. The molecule has 0 unspecified atom stereocenters. The van der Waals surface area contributed by atoms with E-state index in [1.165, 1.54) is 0 Å². The number of anilines is 1. The SMILES string of the molecule is Cc1cccc(Cl)c1NC(=O)CC1(N)CCC1. The second kappa shape index (κ2) is 4.67. The summed E-state index contributed by atoms with van der Waals surface area (Å²) in [6.45, 7) is 1.92. The van der Waals surface area contributed by atoms with Gasteiger partial charge >= 0.3 is 0 Å². The quantitative estimate of drug-likeness (QED) is 0.869. The highest BCUT2D eigenvalue weighted by Crippen LogP contribution is 2.33. The van der Waals surface area contributed by atoms with E-state index in [0.717, 1.165) is 24.8 Å². The Labute approximate surface area is 106 Å². The van der Waals surface area contributed by atoms with E-state index in [-0.39, 0.29) is 11.4 Å². The van der Waals surface area contributed by atoms with E-state index in [2.05, 4.69) is 5.32 Å². The van der Waals surface area contributed by atoms with Crippen LogP contribution in [0, 0.1) is 6.92 Å². The highest BCUT2D eigenvalue weighted by Gasteiger charge is 2.34. The summed E-state index contributed by atoms with van der Waals surface area (Å²) < 4.78 is 0. The third kappa shape index (κ3) is 2.79. The molecule has 92 valence electrons. The molecule has 1 amide bonds. The molecule has 0 spiro atoms. The van der Waals surface area contributed by atoms with Gasteiger partial charge < -0.3 is 11.1 Å². The van der Waals surface area contributed by atoms with Gasteiger partial charge in [-0.15, -0.1) is 0 Å². The number of benzene rings is 1. The van der Waals surface area contributed by atoms with Crippen LogP contribution in [0.25, 0.3) is 0 Å². The van der Waals surface area contributed by atoms with E-state index < -0.39 is 0 Å². The Kier molecular flexibility index (Phi) is 3.40. The van der Waals surface area contributed by atoms with Gasteiger partial charge in [-0.1, -0.05) is 23.7 Å². The van der Waals surface area contributed by atoms with Crippen LogP contribution >= 0.6 is 11.6 Å². The fourth-order valence-corrected chi connectivity index (χ4v) is 2.37. The Morgan fingerprint density at radius 1 is 1.53 bits per heavy atom. The molecule has 1 fully saturated rings. The molecule has 3 N–H and O–H groups in total. The number of hydrogen-bond acceptors (Lipinski definition) is 2. The molecular formula is C13H17ClN2O. The third-order valence-corrected chi connectivity index (χ3v) is 3.66. The van der Waals surface area contributed by atoms with Gasteiger partial charge in [0.1, 0.15) is 0 Å². The van der Waals surface area contributed by atoms with E-state index in [0.29, 0.717) is 17.1 Å². The molecule has 0 aliphatic heterocycles. The molecule has 1 aliphatic rings. The van der Waals surface area contributed by atoms with Crippen LogP contribution in [0.3, 0.4) is 0 Å². The lowest BCUT2D eigenvalue weighted by molar-refractivity contribution is -0.118. The lowest BCUT2D eigenvalue weighted by Gasteiger charge is -2.37. The topological polar surface area (TPSA) is 55.1 Å². The Balaban J connectivity index is 2.03. The van der Waals surface area contributed by atoms with Crippen molar-refractivity contribution in [1.29, 1.82) is 0 Å². The number of carbonyl (C=O) groups is 1. The molecule has 3 nitrogen and oxygen atoms in total. The summed E-state index contributed by atoms with van der Waals surface area (Å²) in [5, 5.41) is 3.42. The number of aryl methyl sites for hydroxylation is 1. The van der Waals surface area contributed by atoms with Crippen LogP contribution in [0.4, 0.5) is 5.69 Å². The molecule has 1 aromatic rings. The number of rotatable bonds is 3. The van der Waals surface area contributed by atoms with E-state index in [1.54, 1.807) is 6.07 Å². The van der Waals surface area contributed by atoms with Crippen molar-refractivity contribution in [1.82, 2.24) is 0 Å². The molecule has 17 heavy (non-hydrogen) atoms. The number of halogens is 1. The first-order valence-corrected chi connectivity index (χ1v) is 6.22. The summed E-state index contributed by atoms with van der Waals surface area (Å²) in [7, 11) is 0. The summed E-state index contributed by atoms with van der Waals surface area (Å²) in [5.41, 5.74) is 7.41. The molecule has 0 radical (unpaired) electrons. The molecular weight excluding hydrogens is 236 g/mol. The van der Waals surface area contributed by atoms with Gasteiger partial charge in [-0.2, -0.15) is 0 Å². The minimum Gasteiger partial charge on any atom is -0.325 e. The lowest BCUT2D eigenvalue weighted by atomic mass is 9.75. The van der Waals surface area contributed by atoms with Crippen LogP contribution in [0.5, 0.6) is 0 Å². The molecule has 2 rings (SSSR count). The molecule has 0 atom stereocenters. The van der Waals surface area contributed by atoms with E-state index in [1.807, 2.05) is 19.1 Å². The van der Waals surface area contributed by atoms with E-state index in [4.69, 9.17) is 17.3 Å². The summed E-state index contributed by atoms with van der Waals surface area (Å²) in [6.07, 6.45) is 3.36. The molecule has 1 aliphatic carbocycles. The van der Waals surface area contributed by atoms with Crippen molar-refractivity contribution in [2.45, 2.75) is 38.1 Å². The van der Waals surface area contributed by atoms with Gasteiger partial charge in [-0.3, -0.25) is 4.79 Å². The van der Waals surface area contributed by atoms with Crippen molar-refractivity contribution >= 4 is 23.2 Å². The minimum absolute atomic E-state index is 0.0524. The van der Waals surface area contributed by atoms with Crippen molar-refractivity contribution in [2.75, 3.05) is 5.32 Å². The first-order valence-electron chi connectivity index (χ1n) is 5.84. The van der Waals surface area contributed by atoms with Gasteiger partial charge in [-0.25, -0.2) is 0 Å². The lowest BCUT2D eigenvalue weighted by Crippen LogP contribution is -2.49.